The smallest absolute Gasteiger partial charge is 0.146 e. The van der Waals surface area contributed by atoms with Gasteiger partial charge in [-0.3, -0.25) is 0 Å². The van der Waals surface area contributed by atoms with E-state index in [-0.39, 0.29) is 5.82 Å². The minimum absolute atomic E-state index is 0.297. The van der Waals surface area contributed by atoms with Crippen molar-refractivity contribution in [1.82, 2.24) is 5.32 Å². The van der Waals surface area contributed by atoms with Crippen LogP contribution in [-0.4, -0.2) is 6.04 Å². The van der Waals surface area contributed by atoms with Crippen LogP contribution in [0.2, 0.25) is 0 Å². The third-order valence-electron chi connectivity index (χ3n) is 2.58. The Morgan fingerprint density at radius 3 is 2.74 bits per heavy atom. The topological polar surface area (TPSA) is 34.4 Å². The maximum Gasteiger partial charge on any atom is 0.146 e. The molecule has 2 rings (SSSR count). The van der Waals surface area contributed by atoms with Gasteiger partial charge < -0.3 is 14.5 Å². The van der Waals surface area contributed by atoms with Gasteiger partial charge in [0.05, 0.1) is 6.54 Å². The number of benzene rings is 1. The first-order valence-corrected chi connectivity index (χ1v) is 6.33. The van der Waals surface area contributed by atoms with E-state index in [1.165, 1.54) is 12.1 Å². The van der Waals surface area contributed by atoms with Crippen molar-refractivity contribution in [2.24, 2.45) is 0 Å². The van der Waals surface area contributed by atoms with Crippen LogP contribution in [-0.2, 0) is 13.2 Å². The molecule has 0 unspecified atom stereocenters. The molecule has 0 saturated carbocycles. The maximum absolute atomic E-state index is 13.0. The number of nitrogens with one attached hydrogen (secondary N) is 1. The summed E-state index contributed by atoms with van der Waals surface area (Å²) in [5.41, 5.74) is 0. The van der Waals surface area contributed by atoms with Crippen LogP contribution in [0.5, 0.6) is 5.75 Å². The molecule has 0 bridgehead atoms. The van der Waals surface area contributed by atoms with Crippen molar-refractivity contribution >= 4 is 0 Å². The first-order valence-electron chi connectivity index (χ1n) is 6.33. The molecular formula is C15H18FNO2. The molecule has 2 aromatic rings. The van der Waals surface area contributed by atoms with Gasteiger partial charge in [0.25, 0.3) is 0 Å². The molecule has 19 heavy (non-hydrogen) atoms. The summed E-state index contributed by atoms with van der Waals surface area (Å²) >= 11 is 0. The van der Waals surface area contributed by atoms with E-state index in [9.17, 15) is 4.39 Å². The first-order chi connectivity index (χ1) is 9.13. The minimum atomic E-state index is -0.307. The lowest BCUT2D eigenvalue weighted by Gasteiger charge is -2.06. The summed E-state index contributed by atoms with van der Waals surface area (Å²) in [4.78, 5) is 0. The third-order valence-corrected chi connectivity index (χ3v) is 2.58. The first kappa shape index (κ1) is 13.6. The Hall–Kier alpha value is -1.81. The van der Waals surface area contributed by atoms with Gasteiger partial charge in [-0.2, -0.15) is 0 Å². The lowest BCUT2D eigenvalue weighted by atomic mass is 10.3. The summed E-state index contributed by atoms with van der Waals surface area (Å²) in [5.74, 6) is 1.79. The van der Waals surface area contributed by atoms with E-state index < -0.39 is 0 Å². The van der Waals surface area contributed by atoms with Crippen molar-refractivity contribution in [1.29, 1.82) is 0 Å². The number of rotatable bonds is 6. The standard InChI is InChI=1S/C15H18FNO2/c1-11(2)17-9-14-6-7-15(19-14)10-18-13-5-3-4-12(16)8-13/h3-8,11,17H,9-10H2,1-2H3. The quantitative estimate of drug-likeness (QED) is 0.866. The molecule has 0 atom stereocenters. The predicted molar refractivity (Wildman–Crippen MR) is 71.4 cm³/mol. The van der Waals surface area contributed by atoms with Crippen molar-refractivity contribution in [2.75, 3.05) is 0 Å². The molecule has 0 fully saturated rings. The van der Waals surface area contributed by atoms with E-state index >= 15 is 0 Å². The van der Waals surface area contributed by atoms with Crippen LogP contribution in [0.25, 0.3) is 0 Å². The Labute approximate surface area is 112 Å². The van der Waals surface area contributed by atoms with Gasteiger partial charge in [-0.15, -0.1) is 0 Å². The van der Waals surface area contributed by atoms with Gasteiger partial charge in [0, 0.05) is 12.1 Å². The largest absolute Gasteiger partial charge is 0.486 e. The molecule has 102 valence electrons. The fourth-order valence-electron chi connectivity index (χ4n) is 1.61. The van der Waals surface area contributed by atoms with E-state index in [1.54, 1.807) is 12.1 Å². The molecule has 0 aliphatic heterocycles. The van der Waals surface area contributed by atoms with E-state index in [1.807, 2.05) is 12.1 Å². The van der Waals surface area contributed by atoms with Crippen molar-refractivity contribution in [3.8, 4) is 5.75 Å². The van der Waals surface area contributed by atoms with Crippen LogP contribution in [0.15, 0.2) is 40.8 Å². The Morgan fingerprint density at radius 2 is 2.00 bits per heavy atom. The van der Waals surface area contributed by atoms with Gasteiger partial charge in [0.15, 0.2) is 0 Å². The average molecular weight is 263 g/mol. The van der Waals surface area contributed by atoms with Crippen LogP contribution in [0.4, 0.5) is 4.39 Å². The Balaban J connectivity index is 1.86. The molecule has 4 heteroatoms. The highest BCUT2D eigenvalue weighted by atomic mass is 19.1. The highest BCUT2D eigenvalue weighted by Gasteiger charge is 2.04. The number of hydrogen-bond acceptors (Lipinski definition) is 3. The van der Waals surface area contributed by atoms with Crippen molar-refractivity contribution in [3.05, 3.63) is 53.7 Å². The molecule has 0 saturated heterocycles. The molecule has 0 amide bonds. The van der Waals surface area contributed by atoms with Gasteiger partial charge in [-0.25, -0.2) is 4.39 Å². The van der Waals surface area contributed by atoms with Gasteiger partial charge in [0.1, 0.15) is 29.7 Å². The van der Waals surface area contributed by atoms with Gasteiger partial charge >= 0.3 is 0 Å². The number of ether oxygens (including phenoxy) is 1. The summed E-state index contributed by atoms with van der Waals surface area (Å²) in [5, 5.41) is 3.27. The van der Waals surface area contributed by atoms with Crippen molar-refractivity contribution in [2.45, 2.75) is 33.0 Å². The van der Waals surface area contributed by atoms with Crippen LogP contribution in [0, 0.1) is 5.82 Å². The van der Waals surface area contributed by atoms with Crippen LogP contribution in [0.3, 0.4) is 0 Å². The summed E-state index contributed by atoms with van der Waals surface area (Å²) in [7, 11) is 0. The van der Waals surface area contributed by atoms with Gasteiger partial charge in [-0.1, -0.05) is 19.9 Å². The zero-order valence-corrected chi connectivity index (χ0v) is 11.2. The van der Waals surface area contributed by atoms with E-state index in [0.717, 1.165) is 11.5 Å². The lowest BCUT2D eigenvalue weighted by molar-refractivity contribution is 0.263. The summed E-state index contributed by atoms with van der Waals surface area (Å²) in [6, 6.07) is 10.3. The molecule has 1 heterocycles. The van der Waals surface area contributed by atoms with Gasteiger partial charge in [0.2, 0.25) is 0 Å². The Bertz CT molecular complexity index is 522. The zero-order valence-electron chi connectivity index (χ0n) is 11.2. The van der Waals surface area contributed by atoms with Gasteiger partial charge in [-0.05, 0) is 24.3 Å². The van der Waals surface area contributed by atoms with E-state index in [4.69, 9.17) is 9.15 Å². The Morgan fingerprint density at radius 1 is 1.21 bits per heavy atom. The number of furan rings is 1. The predicted octanol–water partition coefficient (Wildman–Crippen LogP) is 3.50. The fraction of sp³-hybridized carbons (Fsp3) is 0.333. The monoisotopic (exact) mass is 263 g/mol. The van der Waals surface area contributed by atoms with E-state index in [2.05, 4.69) is 19.2 Å². The second-order valence-electron chi connectivity index (χ2n) is 4.65. The number of halogens is 1. The molecule has 0 aliphatic rings. The average Bonchev–Trinajstić information content (AvgIpc) is 2.82. The molecule has 0 aliphatic carbocycles. The van der Waals surface area contributed by atoms with Crippen LogP contribution < -0.4 is 10.1 Å². The third kappa shape index (κ3) is 4.41. The molecule has 1 N–H and O–H groups in total. The molecular weight excluding hydrogens is 245 g/mol. The fourth-order valence-corrected chi connectivity index (χ4v) is 1.61. The maximum atomic E-state index is 13.0. The highest BCUT2D eigenvalue weighted by molar-refractivity contribution is 5.22. The molecule has 0 spiro atoms. The molecule has 3 nitrogen and oxygen atoms in total. The second kappa shape index (κ2) is 6.38. The SMILES string of the molecule is CC(C)NCc1ccc(COc2cccc(F)c2)o1. The van der Waals surface area contributed by atoms with Crippen molar-refractivity contribution < 1.29 is 13.5 Å². The molecule has 1 aromatic carbocycles. The van der Waals surface area contributed by atoms with E-state index in [0.29, 0.717) is 24.9 Å². The van der Waals surface area contributed by atoms with Crippen molar-refractivity contribution in [3.63, 3.8) is 0 Å². The summed E-state index contributed by atoms with van der Waals surface area (Å²) in [6.45, 7) is 5.15. The van der Waals surface area contributed by atoms with Crippen LogP contribution >= 0.6 is 0 Å². The van der Waals surface area contributed by atoms with Crippen LogP contribution in [0.1, 0.15) is 25.4 Å². The molecule has 0 radical (unpaired) electrons. The Kier molecular flexibility index (Phi) is 4.58. The summed E-state index contributed by atoms with van der Waals surface area (Å²) < 4.78 is 24.0. The lowest BCUT2D eigenvalue weighted by Crippen LogP contribution is -2.21. The highest BCUT2D eigenvalue weighted by Crippen LogP contribution is 2.15. The molecule has 1 aromatic heterocycles. The normalized spacial score (nSPS) is 10.9. The second-order valence-corrected chi connectivity index (χ2v) is 4.65. The zero-order chi connectivity index (χ0) is 13.7. The number of hydrogen-bond donors (Lipinski definition) is 1. The summed E-state index contributed by atoms with van der Waals surface area (Å²) in [6.07, 6.45) is 0. The minimum Gasteiger partial charge on any atom is -0.486 e.